The van der Waals surface area contributed by atoms with Crippen LogP contribution in [0.15, 0.2) is 22.7 Å². The molecule has 118 valence electrons. The predicted molar refractivity (Wildman–Crippen MR) is 85.3 cm³/mol. The van der Waals surface area contributed by atoms with Gasteiger partial charge in [-0.15, -0.1) is 0 Å². The maximum atomic E-state index is 12.2. The van der Waals surface area contributed by atoms with Gasteiger partial charge in [0.25, 0.3) is 5.89 Å². The van der Waals surface area contributed by atoms with Crippen LogP contribution in [0.2, 0.25) is 0 Å². The lowest BCUT2D eigenvalue weighted by molar-refractivity contribution is -0.119. The third-order valence-corrected chi connectivity index (χ3v) is 3.73. The minimum atomic E-state index is -0.266. The molecule has 1 amide bonds. The van der Waals surface area contributed by atoms with Crippen LogP contribution in [0.5, 0.6) is 0 Å². The van der Waals surface area contributed by atoms with Crippen molar-refractivity contribution in [3.63, 3.8) is 0 Å². The van der Waals surface area contributed by atoms with E-state index in [9.17, 15) is 4.79 Å². The number of amides is 1. The summed E-state index contributed by atoms with van der Waals surface area (Å²) < 4.78 is 5.23. The van der Waals surface area contributed by atoms with Crippen molar-refractivity contribution in [2.75, 3.05) is 5.32 Å². The van der Waals surface area contributed by atoms with Crippen LogP contribution in [-0.4, -0.2) is 22.1 Å². The van der Waals surface area contributed by atoms with Crippen molar-refractivity contribution >= 4 is 11.6 Å². The average Bonchev–Trinajstić information content (AvgIpc) is 2.97. The van der Waals surface area contributed by atoms with E-state index in [1.54, 1.807) is 0 Å². The van der Waals surface area contributed by atoms with Crippen molar-refractivity contribution in [1.82, 2.24) is 10.1 Å². The molecule has 0 aliphatic heterocycles. The summed E-state index contributed by atoms with van der Waals surface area (Å²) in [5.41, 5.74) is 8.24. The van der Waals surface area contributed by atoms with Crippen LogP contribution in [0.1, 0.15) is 32.2 Å². The van der Waals surface area contributed by atoms with Crippen molar-refractivity contribution in [3.05, 3.63) is 29.6 Å². The highest BCUT2D eigenvalue weighted by molar-refractivity contribution is 5.94. The van der Waals surface area contributed by atoms with Gasteiger partial charge in [-0.05, 0) is 31.5 Å². The maximum absolute atomic E-state index is 12.2. The summed E-state index contributed by atoms with van der Waals surface area (Å²) in [6.45, 7) is 7.52. The van der Waals surface area contributed by atoms with Crippen molar-refractivity contribution < 1.29 is 9.32 Å². The highest BCUT2D eigenvalue weighted by Gasteiger charge is 2.18. The van der Waals surface area contributed by atoms with E-state index in [0.717, 1.165) is 16.8 Å². The third-order valence-electron chi connectivity index (χ3n) is 3.73. The molecular weight excluding hydrogens is 280 g/mol. The molecule has 0 bridgehead atoms. The minimum Gasteiger partial charge on any atom is -0.334 e. The molecule has 0 saturated heterocycles. The second kappa shape index (κ2) is 6.70. The molecule has 1 aromatic heterocycles. The number of carbonyl (C=O) groups excluding carboxylic acids is 1. The molecule has 6 nitrogen and oxygen atoms in total. The van der Waals surface area contributed by atoms with Crippen LogP contribution in [0, 0.1) is 12.8 Å². The maximum Gasteiger partial charge on any atom is 0.257 e. The molecule has 1 heterocycles. The van der Waals surface area contributed by atoms with Gasteiger partial charge >= 0.3 is 0 Å². The molecule has 1 aromatic carbocycles. The highest BCUT2D eigenvalue weighted by Crippen LogP contribution is 2.25. The first kappa shape index (κ1) is 16.2. The average molecular weight is 302 g/mol. The Kier molecular flexibility index (Phi) is 4.92. The van der Waals surface area contributed by atoms with Gasteiger partial charge in [0.15, 0.2) is 5.82 Å². The molecule has 0 saturated carbocycles. The first-order chi connectivity index (χ1) is 10.4. The Bertz CT molecular complexity index is 664. The zero-order valence-electron chi connectivity index (χ0n) is 13.4. The fourth-order valence-electron chi connectivity index (χ4n) is 1.89. The normalized spacial score (nSPS) is 13.7. The van der Waals surface area contributed by atoms with E-state index in [1.165, 1.54) is 0 Å². The summed E-state index contributed by atoms with van der Waals surface area (Å²) in [6, 6.07) is 5.45. The molecule has 0 fully saturated rings. The van der Waals surface area contributed by atoms with Gasteiger partial charge in [-0.3, -0.25) is 4.79 Å². The second-order valence-corrected chi connectivity index (χ2v) is 5.54. The Morgan fingerprint density at radius 2 is 2.14 bits per heavy atom. The number of benzene rings is 1. The van der Waals surface area contributed by atoms with Crippen molar-refractivity contribution in [3.8, 4) is 11.5 Å². The van der Waals surface area contributed by atoms with E-state index < -0.39 is 0 Å². The molecule has 2 atom stereocenters. The van der Waals surface area contributed by atoms with E-state index in [-0.39, 0.29) is 17.9 Å². The van der Waals surface area contributed by atoms with Gasteiger partial charge in [-0.1, -0.05) is 25.1 Å². The molecule has 0 aliphatic rings. The van der Waals surface area contributed by atoms with E-state index in [1.807, 2.05) is 45.9 Å². The van der Waals surface area contributed by atoms with Crippen molar-refractivity contribution in [2.45, 2.75) is 40.2 Å². The van der Waals surface area contributed by atoms with Gasteiger partial charge in [0.2, 0.25) is 5.91 Å². The number of aromatic nitrogens is 2. The van der Waals surface area contributed by atoms with Crippen LogP contribution in [-0.2, 0) is 11.2 Å². The number of anilines is 1. The van der Waals surface area contributed by atoms with Gasteiger partial charge in [0, 0.05) is 23.7 Å². The molecule has 2 unspecified atom stereocenters. The van der Waals surface area contributed by atoms with E-state index >= 15 is 0 Å². The van der Waals surface area contributed by atoms with Gasteiger partial charge in [-0.2, -0.15) is 4.98 Å². The van der Waals surface area contributed by atoms with E-state index in [4.69, 9.17) is 10.3 Å². The molecular formula is C16H22N4O2. The van der Waals surface area contributed by atoms with E-state index in [2.05, 4.69) is 15.5 Å². The lowest BCUT2D eigenvalue weighted by Gasteiger charge is -2.16. The Morgan fingerprint density at radius 1 is 1.41 bits per heavy atom. The molecule has 0 spiro atoms. The first-order valence-corrected chi connectivity index (χ1v) is 7.42. The van der Waals surface area contributed by atoms with Crippen molar-refractivity contribution in [1.29, 1.82) is 0 Å². The van der Waals surface area contributed by atoms with E-state index in [0.29, 0.717) is 18.1 Å². The minimum absolute atomic E-state index is 0.102. The van der Waals surface area contributed by atoms with Gasteiger partial charge < -0.3 is 15.6 Å². The fourth-order valence-corrected chi connectivity index (χ4v) is 1.89. The topological polar surface area (TPSA) is 94.0 Å². The summed E-state index contributed by atoms with van der Waals surface area (Å²) in [5, 5.41) is 6.80. The lowest BCUT2D eigenvalue weighted by Crippen LogP contribution is -2.34. The monoisotopic (exact) mass is 302 g/mol. The summed E-state index contributed by atoms with van der Waals surface area (Å²) in [5.74, 6) is 0.743. The van der Waals surface area contributed by atoms with Crippen LogP contribution < -0.4 is 11.1 Å². The first-order valence-electron chi connectivity index (χ1n) is 7.42. The summed E-state index contributed by atoms with van der Waals surface area (Å²) in [7, 11) is 0. The lowest BCUT2D eigenvalue weighted by atomic mass is 10.0. The predicted octanol–water partition coefficient (Wildman–Crippen LogP) is 2.53. The molecule has 2 rings (SSSR count). The molecule has 0 radical (unpaired) electrons. The number of nitrogens with two attached hydrogens (primary N) is 1. The zero-order chi connectivity index (χ0) is 16.3. The molecule has 3 N–H and O–H groups in total. The van der Waals surface area contributed by atoms with Crippen LogP contribution in [0.3, 0.4) is 0 Å². The van der Waals surface area contributed by atoms with Gasteiger partial charge in [-0.25, -0.2) is 0 Å². The summed E-state index contributed by atoms with van der Waals surface area (Å²) in [4.78, 5) is 16.5. The van der Waals surface area contributed by atoms with Crippen LogP contribution in [0.4, 0.5) is 5.69 Å². The van der Waals surface area contributed by atoms with Crippen LogP contribution in [0.25, 0.3) is 11.5 Å². The number of rotatable bonds is 5. The quantitative estimate of drug-likeness (QED) is 0.885. The number of aryl methyl sites for hydroxylation is 2. The molecule has 2 aromatic rings. The summed E-state index contributed by atoms with van der Waals surface area (Å²) in [6.07, 6.45) is 0.713. The second-order valence-electron chi connectivity index (χ2n) is 5.54. The number of carbonyl (C=O) groups is 1. The Hall–Kier alpha value is -2.21. The standard InChI is InChI=1S/C16H22N4O2/c1-5-14-19-16(22-20-14)12-7-6-9(2)13(8-12)18-15(21)10(3)11(4)17/h6-8,10-11H,5,17H2,1-4H3,(H,18,21). The smallest absolute Gasteiger partial charge is 0.257 e. The molecule has 0 aliphatic carbocycles. The third kappa shape index (κ3) is 3.51. The van der Waals surface area contributed by atoms with Gasteiger partial charge in [0.1, 0.15) is 0 Å². The highest BCUT2D eigenvalue weighted by atomic mass is 16.5. The number of nitrogens with zero attached hydrogens (tertiary/aromatic N) is 2. The zero-order valence-corrected chi connectivity index (χ0v) is 13.4. The molecule has 22 heavy (non-hydrogen) atoms. The summed E-state index contributed by atoms with van der Waals surface area (Å²) >= 11 is 0. The van der Waals surface area contributed by atoms with Crippen LogP contribution >= 0.6 is 0 Å². The number of nitrogens with one attached hydrogen (secondary N) is 1. The fraction of sp³-hybridized carbons (Fsp3) is 0.438. The largest absolute Gasteiger partial charge is 0.334 e. The van der Waals surface area contributed by atoms with Gasteiger partial charge in [0.05, 0.1) is 5.92 Å². The molecule has 6 heteroatoms. The Balaban J connectivity index is 2.25. The SMILES string of the molecule is CCc1noc(-c2ccc(C)c(NC(=O)C(C)C(C)N)c2)n1. The Morgan fingerprint density at radius 3 is 2.73 bits per heavy atom. The number of hydrogen-bond donors (Lipinski definition) is 2. The number of hydrogen-bond acceptors (Lipinski definition) is 5. The van der Waals surface area contributed by atoms with Crippen molar-refractivity contribution in [2.24, 2.45) is 11.7 Å². The Labute approximate surface area is 130 Å².